The molecule has 0 N–H and O–H groups in total. The second-order valence-electron chi connectivity index (χ2n) is 6.36. The van der Waals surface area contributed by atoms with Gasteiger partial charge in [-0.15, -0.1) is 0 Å². The molecule has 4 rings (SSSR count). The summed E-state index contributed by atoms with van der Waals surface area (Å²) in [5.41, 5.74) is 4.85. The lowest BCUT2D eigenvalue weighted by molar-refractivity contribution is 0.0294. The van der Waals surface area contributed by atoms with Crippen molar-refractivity contribution in [3.05, 3.63) is 35.9 Å². The Morgan fingerprint density at radius 2 is 2.00 bits per heavy atom. The summed E-state index contributed by atoms with van der Waals surface area (Å²) in [6.45, 7) is 4.81. The Balaban J connectivity index is 1.58. The van der Waals surface area contributed by atoms with Gasteiger partial charge in [-0.05, 0) is 23.7 Å². The zero-order valence-electron chi connectivity index (χ0n) is 12.4. The average Bonchev–Trinajstić information content (AvgIpc) is 3.31. The first-order valence-electron chi connectivity index (χ1n) is 7.96. The minimum absolute atomic E-state index is 0.0487. The zero-order valence-corrected chi connectivity index (χ0v) is 13.3. The zero-order chi connectivity index (χ0) is 14.1. The maximum absolute atomic E-state index is 5.49. The summed E-state index contributed by atoms with van der Waals surface area (Å²) in [6, 6.07) is 10.9. The predicted molar refractivity (Wildman–Crippen MR) is 89.7 cm³/mol. The number of ether oxygens (including phenoxy) is 1. The van der Waals surface area contributed by atoms with Crippen LogP contribution in [0.3, 0.4) is 0 Å². The Labute approximate surface area is 129 Å². The molecule has 0 bridgehead atoms. The highest BCUT2D eigenvalue weighted by Crippen LogP contribution is 2.52. The molecule has 2 atom stereocenters. The van der Waals surface area contributed by atoms with Crippen LogP contribution in [0.4, 0.5) is 0 Å². The van der Waals surface area contributed by atoms with Gasteiger partial charge in [0.2, 0.25) is 0 Å². The van der Waals surface area contributed by atoms with Crippen molar-refractivity contribution in [2.75, 3.05) is 38.6 Å². The molecule has 4 heteroatoms. The van der Waals surface area contributed by atoms with E-state index in [0.717, 1.165) is 38.1 Å². The van der Waals surface area contributed by atoms with Crippen molar-refractivity contribution in [3.8, 4) is 0 Å². The molecule has 2 aliphatic heterocycles. The van der Waals surface area contributed by atoms with E-state index in [1.165, 1.54) is 24.2 Å². The van der Waals surface area contributed by atoms with Crippen molar-refractivity contribution in [3.63, 3.8) is 0 Å². The molecule has 2 heterocycles. The minimum Gasteiger partial charge on any atom is -0.379 e. The Morgan fingerprint density at radius 3 is 2.71 bits per heavy atom. The van der Waals surface area contributed by atoms with Crippen molar-refractivity contribution in [2.24, 2.45) is 4.99 Å². The van der Waals surface area contributed by atoms with Gasteiger partial charge in [-0.1, -0.05) is 30.3 Å². The van der Waals surface area contributed by atoms with E-state index < -0.39 is 0 Å². The second-order valence-corrected chi connectivity index (χ2v) is 8.54. The number of morpholine rings is 1. The highest BCUT2D eigenvalue weighted by molar-refractivity contribution is 8.29. The van der Waals surface area contributed by atoms with Gasteiger partial charge in [0.1, 0.15) is 11.1 Å². The largest absolute Gasteiger partial charge is 0.379 e. The predicted octanol–water partition coefficient (Wildman–Crippen LogP) is 2.30. The first-order chi connectivity index (χ1) is 10.4. The van der Waals surface area contributed by atoms with Crippen molar-refractivity contribution in [1.82, 2.24) is 4.90 Å². The molecule has 1 aliphatic carbocycles. The molecule has 2 unspecified atom stereocenters. The Hall–Kier alpha value is -0.840. The Kier molecular flexibility index (Phi) is 3.78. The highest BCUT2D eigenvalue weighted by atomic mass is 32.2. The van der Waals surface area contributed by atoms with Gasteiger partial charge in [-0.3, -0.25) is 9.89 Å². The van der Waals surface area contributed by atoms with Crippen LogP contribution in [-0.4, -0.2) is 54.3 Å². The maximum Gasteiger partial charge on any atom is 0.107 e. The summed E-state index contributed by atoms with van der Waals surface area (Å²) in [5.74, 6) is 1.20. The maximum atomic E-state index is 5.49. The molecule has 0 aromatic heterocycles. The Morgan fingerprint density at radius 1 is 1.24 bits per heavy atom. The molecular formula is C17H23N2OS. The summed E-state index contributed by atoms with van der Waals surface area (Å²) in [4.78, 5) is 7.49. The lowest BCUT2D eigenvalue weighted by Gasteiger charge is -2.36. The third-order valence-corrected chi connectivity index (χ3v) is 7.33. The lowest BCUT2D eigenvalue weighted by atomic mass is 9.92. The van der Waals surface area contributed by atoms with E-state index in [9.17, 15) is 0 Å². The molecule has 2 fully saturated rings. The standard InChI is InChI=1S/C17H23N2OS/c1-2-4-15(5-3-1)17(12-19-8-10-20-11-9-19)13-21(14-18-17)16-6-7-16/h1-5,16,21H,6-13H2. The first kappa shape index (κ1) is 13.8. The van der Waals surface area contributed by atoms with Gasteiger partial charge < -0.3 is 4.74 Å². The van der Waals surface area contributed by atoms with Gasteiger partial charge in [0.25, 0.3) is 0 Å². The van der Waals surface area contributed by atoms with Crippen LogP contribution >= 0.6 is 10.9 Å². The van der Waals surface area contributed by atoms with Crippen LogP contribution in [0.15, 0.2) is 35.3 Å². The normalized spacial score (nSPS) is 35.1. The van der Waals surface area contributed by atoms with Crippen LogP contribution in [0.25, 0.3) is 0 Å². The third-order valence-electron chi connectivity index (χ3n) is 4.71. The van der Waals surface area contributed by atoms with Gasteiger partial charge in [0, 0.05) is 25.4 Å². The molecule has 21 heavy (non-hydrogen) atoms. The number of rotatable bonds is 4. The summed E-state index contributed by atoms with van der Waals surface area (Å²) >= 11 is 0. The molecule has 113 valence electrons. The quantitative estimate of drug-likeness (QED) is 0.863. The lowest BCUT2D eigenvalue weighted by Crippen LogP contribution is -2.45. The van der Waals surface area contributed by atoms with E-state index in [4.69, 9.17) is 9.73 Å². The number of thiol groups is 1. The number of aliphatic imine (C=N–C) groups is 1. The summed E-state index contributed by atoms with van der Waals surface area (Å²) in [5, 5.41) is 0.916. The fourth-order valence-corrected chi connectivity index (χ4v) is 5.82. The van der Waals surface area contributed by atoms with Crippen LogP contribution in [-0.2, 0) is 10.3 Å². The molecule has 1 radical (unpaired) electrons. The van der Waals surface area contributed by atoms with E-state index in [2.05, 4.69) is 40.8 Å². The summed E-state index contributed by atoms with van der Waals surface area (Å²) < 4.78 is 5.49. The van der Waals surface area contributed by atoms with Gasteiger partial charge >= 0.3 is 0 Å². The first-order valence-corrected chi connectivity index (χ1v) is 9.55. The summed E-state index contributed by atoms with van der Waals surface area (Å²) in [7, 11) is -0.106. The highest BCUT2D eigenvalue weighted by Gasteiger charge is 2.43. The number of benzene rings is 1. The monoisotopic (exact) mass is 303 g/mol. The fourth-order valence-electron chi connectivity index (χ4n) is 3.32. The number of nitrogens with zero attached hydrogens (tertiary/aromatic N) is 2. The molecule has 3 nitrogen and oxygen atoms in total. The van der Waals surface area contributed by atoms with E-state index in [1.54, 1.807) is 0 Å². The van der Waals surface area contributed by atoms with Crippen LogP contribution < -0.4 is 0 Å². The van der Waals surface area contributed by atoms with Crippen LogP contribution in [0.5, 0.6) is 0 Å². The van der Waals surface area contributed by atoms with E-state index in [0.29, 0.717) is 0 Å². The molecule has 0 amide bonds. The molecule has 1 saturated heterocycles. The molecule has 3 aliphatic rings. The van der Waals surface area contributed by atoms with Crippen molar-refractivity contribution in [2.45, 2.75) is 23.6 Å². The molecular weight excluding hydrogens is 280 g/mol. The molecule has 0 spiro atoms. The minimum atomic E-state index is -0.106. The van der Waals surface area contributed by atoms with Crippen LogP contribution in [0, 0.1) is 0 Å². The SMILES string of the molecule is [C]1=NC(CN2CCOCC2)(c2ccccc2)C[SH]1C1CC1. The van der Waals surface area contributed by atoms with Gasteiger partial charge in [0.05, 0.1) is 13.2 Å². The van der Waals surface area contributed by atoms with Crippen LogP contribution in [0.1, 0.15) is 18.4 Å². The third kappa shape index (κ3) is 2.89. The molecule has 1 saturated carbocycles. The molecule has 1 aromatic carbocycles. The van der Waals surface area contributed by atoms with Gasteiger partial charge in [-0.2, -0.15) is 0 Å². The second kappa shape index (κ2) is 5.75. The van der Waals surface area contributed by atoms with E-state index in [1.807, 2.05) is 0 Å². The molecule has 1 aromatic rings. The fraction of sp³-hybridized carbons (Fsp3) is 0.588. The van der Waals surface area contributed by atoms with Gasteiger partial charge in [0.15, 0.2) is 0 Å². The number of hydrogen-bond acceptors (Lipinski definition) is 3. The number of hydrogen-bond donors (Lipinski definition) is 1. The van der Waals surface area contributed by atoms with Crippen molar-refractivity contribution in [1.29, 1.82) is 0 Å². The summed E-state index contributed by atoms with van der Waals surface area (Å²) in [6.07, 6.45) is 2.80. The van der Waals surface area contributed by atoms with Crippen LogP contribution in [0.2, 0.25) is 0 Å². The smallest absolute Gasteiger partial charge is 0.107 e. The van der Waals surface area contributed by atoms with E-state index in [-0.39, 0.29) is 16.4 Å². The average molecular weight is 303 g/mol. The van der Waals surface area contributed by atoms with Crippen molar-refractivity contribution >= 4 is 16.4 Å². The van der Waals surface area contributed by atoms with E-state index >= 15 is 0 Å². The Bertz CT molecular complexity index is 511. The van der Waals surface area contributed by atoms with Gasteiger partial charge in [-0.25, -0.2) is 10.9 Å². The topological polar surface area (TPSA) is 24.8 Å². The van der Waals surface area contributed by atoms with Crippen molar-refractivity contribution < 1.29 is 4.74 Å².